The molecule has 1 atom stereocenters. The first kappa shape index (κ1) is 23.5. The number of rotatable bonds is 7. The predicted octanol–water partition coefficient (Wildman–Crippen LogP) is 4.01. The van der Waals surface area contributed by atoms with E-state index in [0.717, 1.165) is 28.7 Å². The monoisotopic (exact) mass is 484 g/mol. The van der Waals surface area contributed by atoms with E-state index in [4.69, 9.17) is 4.74 Å². The number of nitrogens with zero attached hydrogens (tertiary/aromatic N) is 2. The Hall–Kier alpha value is -3.66. The number of hydrogen-bond donors (Lipinski definition) is 3. The molecule has 0 bridgehead atoms. The molecule has 0 saturated carbocycles. The number of carbonyl (C=O) groups is 2. The summed E-state index contributed by atoms with van der Waals surface area (Å²) < 4.78 is 19.5. The Kier molecular flexibility index (Phi) is 6.69. The van der Waals surface area contributed by atoms with Crippen LogP contribution in [0.1, 0.15) is 40.8 Å². The smallest absolute Gasteiger partial charge is 0.263 e. The molecule has 34 heavy (non-hydrogen) atoms. The van der Waals surface area contributed by atoms with Crippen molar-refractivity contribution in [2.75, 3.05) is 23.3 Å². The summed E-state index contributed by atoms with van der Waals surface area (Å²) in [7, 11) is 0. The van der Waals surface area contributed by atoms with Crippen molar-refractivity contribution in [3.05, 3.63) is 64.4 Å². The van der Waals surface area contributed by atoms with Crippen LogP contribution in [0.2, 0.25) is 0 Å². The van der Waals surface area contributed by atoms with Crippen LogP contribution in [-0.2, 0) is 4.79 Å². The van der Waals surface area contributed by atoms with E-state index in [1.807, 2.05) is 31.2 Å². The van der Waals surface area contributed by atoms with E-state index in [1.54, 1.807) is 6.92 Å². The Labute approximate surface area is 200 Å². The van der Waals surface area contributed by atoms with Crippen LogP contribution >= 0.6 is 11.3 Å². The lowest BCUT2D eigenvalue weighted by Gasteiger charge is -2.40. The average Bonchev–Trinajstić information content (AvgIpc) is 3.11. The maximum Gasteiger partial charge on any atom is 0.263 e. The second-order valence-electron chi connectivity index (χ2n) is 8.16. The van der Waals surface area contributed by atoms with Gasteiger partial charge in [0.25, 0.3) is 5.91 Å². The Bertz CT molecular complexity index is 1210. The second kappa shape index (κ2) is 9.68. The molecule has 2 heterocycles. The van der Waals surface area contributed by atoms with Crippen LogP contribution < -0.4 is 20.3 Å². The molecular weight excluding hydrogens is 459 g/mol. The Morgan fingerprint density at radius 3 is 2.59 bits per heavy atom. The predicted molar refractivity (Wildman–Crippen MR) is 128 cm³/mol. The van der Waals surface area contributed by atoms with E-state index in [0.29, 0.717) is 28.8 Å². The summed E-state index contributed by atoms with van der Waals surface area (Å²) in [4.78, 5) is 30.7. The number of nitrogens with one attached hydrogen (secondary N) is 2. The Balaban J connectivity index is 1.31. The zero-order chi connectivity index (χ0) is 24.4. The second-order valence-corrected chi connectivity index (χ2v) is 9.16. The lowest BCUT2D eigenvalue weighted by Crippen LogP contribution is -2.54. The van der Waals surface area contributed by atoms with Crippen molar-refractivity contribution < 1.29 is 23.8 Å². The fourth-order valence-electron chi connectivity index (χ4n) is 3.62. The summed E-state index contributed by atoms with van der Waals surface area (Å²) in [6, 6.07) is 11.5. The van der Waals surface area contributed by atoms with E-state index in [9.17, 15) is 19.1 Å². The van der Waals surface area contributed by atoms with Crippen molar-refractivity contribution in [1.29, 1.82) is 0 Å². The molecule has 1 aromatic heterocycles. The van der Waals surface area contributed by atoms with Crippen molar-refractivity contribution in [2.24, 2.45) is 0 Å². The maximum atomic E-state index is 13.8. The summed E-state index contributed by atoms with van der Waals surface area (Å²) >= 11 is 1.14. The number of ether oxygens (including phenoxy) is 1. The Morgan fingerprint density at radius 2 is 1.94 bits per heavy atom. The zero-order valence-corrected chi connectivity index (χ0v) is 19.8. The first-order valence-electron chi connectivity index (χ1n) is 10.8. The largest absolute Gasteiger partial charge is 0.508 e. The molecule has 1 fully saturated rings. The molecule has 4 rings (SSSR count). The number of hydrogen-bond acceptors (Lipinski definition) is 7. The number of phenols is 1. The van der Waals surface area contributed by atoms with Crippen LogP contribution in [0.3, 0.4) is 0 Å². The standard InChI is InChI=1S/C24H25FN4O4S/c1-13(26-23(32)22-14(2)27-24(34-22)28-15(3)30)16-4-6-17(7-5-16)29-11-19(12-29)33-21-9-8-18(31)10-20(21)25/h4-10,13,19,31H,11-12H2,1-3H3,(H,26,32)(H,27,28,30)/t13-/m0/s1. The number of aromatic hydroxyl groups is 1. The number of thiazole rings is 1. The highest BCUT2D eigenvalue weighted by atomic mass is 32.1. The van der Waals surface area contributed by atoms with Crippen molar-refractivity contribution in [3.63, 3.8) is 0 Å². The van der Waals surface area contributed by atoms with Gasteiger partial charge < -0.3 is 25.4 Å². The molecule has 0 unspecified atom stereocenters. The molecule has 2 amide bonds. The molecule has 10 heteroatoms. The first-order chi connectivity index (χ1) is 16.2. The van der Waals surface area contributed by atoms with Gasteiger partial charge in [0.05, 0.1) is 24.8 Å². The van der Waals surface area contributed by atoms with Gasteiger partial charge in [-0.25, -0.2) is 9.37 Å². The van der Waals surface area contributed by atoms with Gasteiger partial charge in [-0.2, -0.15) is 0 Å². The third-order valence-corrected chi connectivity index (χ3v) is 6.52. The highest BCUT2D eigenvalue weighted by Gasteiger charge is 2.29. The molecule has 1 aliphatic heterocycles. The summed E-state index contributed by atoms with van der Waals surface area (Å²) in [5, 5.41) is 15.3. The molecule has 0 spiro atoms. The summed E-state index contributed by atoms with van der Waals surface area (Å²) in [6.45, 7) is 6.26. The number of phenolic OH excluding ortho intramolecular Hbond substituents is 1. The third kappa shape index (κ3) is 5.28. The number of aryl methyl sites for hydroxylation is 1. The van der Waals surface area contributed by atoms with E-state index < -0.39 is 5.82 Å². The molecule has 0 aliphatic carbocycles. The molecule has 178 valence electrons. The number of benzene rings is 2. The SMILES string of the molecule is CC(=O)Nc1nc(C)c(C(=O)N[C@@H](C)c2ccc(N3CC(Oc4ccc(O)cc4F)C3)cc2)s1. The molecule has 2 aromatic carbocycles. The number of halogens is 1. The van der Waals surface area contributed by atoms with Crippen molar-refractivity contribution in [3.8, 4) is 11.5 Å². The number of anilines is 2. The van der Waals surface area contributed by atoms with Gasteiger partial charge >= 0.3 is 0 Å². The van der Waals surface area contributed by atoms with Crippen LogP contribution in [0.15, 0.2) is 42.5 Å². The molecule has 1 aliphatic rings. The fraction of sp³-hybridized carbons (Fsp3) is 0.292. The van der Waals surface area contributed by atoms with Gasteiger partial charge in [-0.3, -0.25) is 9.59 Å². The number of amides is 2. The minimum atomic E-state index is -0.585. The van der Waals surface area contributed by atoms with Crippen molar-refractivity contribution in [1.82, 2.24) is 10.3 Å². The fourth-order valence-corrected chi connectivity index (χ4v) is 4.53. The zero-order valence-electron chi connectivity index (χ0n) is 19.0. The van der Waals surface area contributed by atoms with Crippen LogP contribution in [0.5, 0.6) is 11.5 Å². The molecular formula is C24H25FN4O4S. The lowest BCUT2D eigenvalue weighted by molar-refractivity contribution is -0.114. The first-order valence-corrected chi connectivity index (χ1v) is 11.6. The van der Waals surface area contributed by atoms with Crippen LogP contribution in [0, 0.1) is 12.7 Å². The van der Waals surface area contributed by atoms with Gasteiger partial charge in [-0.05, 0) is 43.7 Å². The topological polar surface area (TPSA) is 104 Å². The summed E-state index contributed by atoms with van der Waals surface area (Å²) in [5.74, 6) is -1.07. The minimum Gasteiger partial charge on any atom is -0.508 e. The quantitative estimate of drug-likeness (QED) is 0.468. The Morgan fingerprint density at radius 1 is 1.24 bits per heavy atom. The van der Waals surface area contributed by atoms with Gasteiger partial charge in [0.15, 0.2) is 16.7 Å². The third-order valence-electron chi connectivity index (χ3n) is 5.45. The summed E-state index contributed by atoms with van der Waals surface area (Å²) in [6.07, 6.45) is -0.137. The minimum absolute atomic E-state index is 0.128. The van der Waals surface area contributed by atoms with Crippen molar-refractivity contribution in [2.45, 2.75) is 32.9 Å². The normalized spacial score (nSPS) is 14.3. The van der Waals surface area contributed by atoms with E-state index >= 15 is 0 Å². The van der Waals surface area contributed by atoms with Gasteiger partial charge in [0.1, 0.15) is 16.7 Å². The van der Waals surface area contributed by atoms with Gasteiger partial charge in [-0.15, -0.1) is 0 Å². The van der Waals surface area contributed by atoms with E-state index in [2.05, 4.69) is 20.5 Å². The van der Waals surface area contributed by atoms with Crippen LogP contribution in [-0.4, -0.2) is 41.1 Å². The van der Waals surface area contributed by atoms with Crippen LogP contribution in [0.25, 0.3) is 0 Å². The number of aromatic nitrogens is 1. The molecule has 8 nitrogen and oxygen atoms in total. The van der Waals surface area contributed by atoms with Gasteiger partial charge in [0, 0.05) is 18.7 Å². The average molecular weight is 485 g/mol. The highest BCUT2D eigenvalue weighted by Crippen LogP contribution is 2.29. The van der Waals surface area contributed by atoms with Crippen LogP contribution in [0.4, 0.5) is 15.2 Å². The van der Waals surface area contributed by atoms with E-state index in [-0.39, 0.29) is 35.5 Å². The summed E-state index contributed by atoms with van der Waals surface area (Å²) in [5.41, 5.74) is 2.52. The van der Waals surface area contributed by atoms with E-state index in [1.165, 1.54) is 19.1 Å². The molecule has 0 radical (unpaired) electrons. The maximum absolute atomic E-state index is 13.8. The number of carbonyl (C=O) groups excluding carboxylic acids is 2. The molecule has 3 N–H and O–H groups in total. The molecule has 1 saturated heterocycles. The highest BCUT2D eigenvalue weighted by molar-refractivity contribution is 7.17. The van der Waals surface area contributed by atoms with Gasteiger partial charge in [0.2, 0.25) is 5.91 Å². The lowest BCUT2D eigenvalue weighted by atomic mass is 10.1. The molecule has 3 aromatic rings. The van der Waals surface area contributed by atoms with Gasteiger partial charge in [-0.1, -0.05) is 23.5 Å². The van der Waals surface area contributed by atoms with Crippen molar-refractivity contribution >= 4 is 34.0 Å².